The van der Waals surface area contributed by atoms with Crippen LogP contribution in [0, 0.1) is 45.3 Å². The predicted octanol–water partition coefficient (Wildman–Crippen LogP) is 13.8. The molecule has 4 atom stereocenters. The van der Waals surface area contributed by atoms with E-state index in [1.165, 1.54) is 0 Å². The number of hydrogen-bond acceptors (Lipinski definition) is 4. The van der Waals surface area contributed by atoms with E-state index in [0.717, 1.165) is 6.92 Å². The quantitative estimate of drug-likeness (QED) is 0.178. The molecule has 65 heavy (non-hydrogen) atoms. The summed E-state index contributed by atoms with van der Waals surface area (Å²) in [5.41, 5.74) is -26.6. The predicted molar refractivity (Wildman–Crippen MR) is 174 cm³/mol. The van der Waals surface area contributed by atoms with Crippen molar-refractivity contribution < 1.29 is 125 Å². The van der Waals surface area contributed by atoms with Crippen molar-refractivity contribution in [1.82, 2.24) is 0 Å². The first kappa shape index (κ1) is 57.0. The molecule has 4 unspecified atom stereocenters. The molecule has 0 spiro atoms. The lowest BCUT2D eigenvalue weighted by Gasteiger charge is -2.65. The number of alkyl halides is 24. The van der Waals surface area contributed by atoms with E-state index in [1.54, 1.807) is 0 Å². The van der Waals surface area contributed by atoms with Crippen molar-refractivity contribution in [3.8, 4) is 0 Å². The Balaban J connectivity index is 0.000000346. The Morgan fingerprint density at radius 3 is 1.20 bits per heavy atom. The summed E-state index contributed by atoms with van der Waals surface area (Å²) in [6.07, 6.45) is -61.1. The number of rotatable bonds is 9. The second-order valence-electron chi connectivity index (χ2n) is 18.6. The third kappa shape index (κ3) is 9.31. The highest BCUT2D eigenvalue weighted by Gasteiger charge is 2.83. The van der Waals surface area contributed by atoms with Crippen molar-refractivity contribution in [2.75, 3.05) is 0 Å². The van der Waals surface area contributed by atoms with Gasteiger partial charge in [0.15, 0.2) is 10.8 Å². The Labute approximate surface area is 354 Å². The van der Waals surface area contributed by atoms with Gasteiger partial charge in [0.05, 0.1) is 5.41 Å². The first-order chi connectivity index (χ1) is 28.5. The molecule has 5 saturated carbocycles. The van der Waals surface area contributed by atoms with Gasteiger partial charge in [0.1, 0.15) is 5.60 Å². The molecule has 5 rings (SSSR count). The molecule has 28 heteroatoms. The van der Waals surface area contributed by atoms with Gasteiger partial charge in [-0.3, -0.25) is 4.79 Å². The normalized spacial score (nSPS) is 29.7. The minimum Gasteiger partial charge on any atom is -0.458 e. The molecule has 0 radical (unpaired) electrons. The molecule has 0 heterocycles. The lowest BCUT2D eigenvalue weighted by molar-refractivity contribution is -0.422. The Morgan fingerprint density at radius 2 is 0.908 bits per heavy atom. The summed E-state index contributed by atoms with van der Waals surface area (Å²) in [7, 11) is 0. The van der Waals surface area contributed by atoms with E-state index in [-0.39, 0.29) is 26.2 Å². The van der Waals surface area contributed by atoms with Crippen LogP contribution in [-0.2, 0) is 9.53 Å². The minimum absolute atomic E-state index is 0.125. The van der Waals surface area contributed by atoms with Crippen LogP contribution in [0.15, 0.2) is 0 Å². The van der Waals surface area contributed by atoms with Crippen LogP contribution in [0.2, 0.25) is 0 Å². The zero-order valence-electron chi connectivity index (χ0n) is 34.3. The number of ether oxygens (including phenoxy) is 1. The topological polar surface area (TPSA) is 66.8 Å². The largest absolute Gasteiger partial charge is 0.458 e. The lowest BCUT2D eigenvalue weighted by atomic mass is 9.43. The number of esters is 1. The molecule has 0 aromatic heterocycles. The summed E-state index contributed by atoms with van der Waals surface area (Å²) < 4.78 is 330. The van der Waals surface area contributed by atoms with E-state index in [0.29, 0.717) is 13.8 Å². The van der Waals surface area contributed by atoms with Crippen LogP contribution >= 0.6 is 0 Å². The van der Waals surface area contributed by atoms with Gasteiger partial charge >= 0.3 is 55.4 Å². The fourth-order valence-electron chi connectivity index (χ4n) is 10.9. The van der Waals surface area contributed by atoms with Gasteiger partial charge in [-0.25, -0.2) is 0 Å². The third-order valence-corrected chi connectivity index (χ3v) is 14.7. The molecule has 5 aliphatic rings. The van der Waals surface area contributed by atoms with E-state index in [9.17, 15) is 120 Å². The Bertz CT molecular complexity index is 1620. The number of hydrogen-bond donors (Lipinski definition) is 2. The average molecular weight is 1010 g/mol. The van der Waals surface area contributed by atoms with Crippen LogP contribution in [-0.4, -0.2) is 82.4 Å². The molecule has 0 aromatic carbocycles. The van der Waals surface area contributed by atoms with Crippen LogP contribution in [0.3, 0.4) is 0 Å². The Morgan fingerprint density at radius 1 is 0.523 bits per heavy atom. The number of halogens is 24. The summed E-state index contributed by atoms with van der Waals surface area (Å²) >= 11 is 0. The maximum absolute atomic E-state index is 13.9. The highest BCUT2D eigenvalue weighted by molar-refractivity contribution is 5.78. The van der Waals surface area contributed by atoms with Gasteiger partial charge in [0.25, 0.3) is 11.2 Å². The monoisotopic (exact) mass is 1010 g/mol. The van der Waals surface area contributed by atoms with Gasteiger partial charge in [-0.15, -0.1) is 0 Å². The van der Waals surface area contributed by atoms with Gasteiger partial charge < -0.3 is 14.9 Å². The SMILES string of the molecule is CCC(C)(C(=O)OC12CC3CC(C1)CC(C(O)(C(F)(F)F)C(F)(F)F)(C3)C2)C(F)(F)F.CCC(C)(CC(C1CCC(C(O)(C(F)(F)F)C(F)(F)F)CC1)(C(F)(F)F)C(F)(F)F)C(F)(F)F. The van der Waals surface area contributed by atoms with Crippen LogP contribution in [0.25, 0.3) is 0 Å². The molecule has 4 bridgehead atoms. The Kier molecular flexibility index (Phi) is 14.7. The van der Waals surface area contributed by atoms with E-state index >= 15 is 0 Å². The second-order valence-corrected chi connectivity index (χ2v) is 18.6. The first-order valence-corrected chi connectivity index (χ1v) is 19.7. The number of aliphatic hydroxyl groups is 2. The van der Waals surface area contributed by atoms with E-state index in [4.69, 9.17) is 4.74 Å². The van der Waals surface area contributed by atoms with Gasteiger partial charge in [-0.2, -0.15) is 105 Å². The van der Waals surface area contributed by atoms with Crippen molar-refractivity contribution >= 4 is 5.97 Å². The summed E-state index contributed by atoms with van der Waals surface area (Å²) in [5.74, 6) is -8.83. The van der Waals surface area contributed by atoms with Crippen LogP contribution in [0.1, 0.15) is 111 Å². The van der Waals surface area contributed by atoms with Crippen LogP contribution in [0.5, 0.6) is 0 Å². The molecule has 4 nitrogen and oxygen atoms in total. The molecule has 5 fully saturated rings. The summed E-state index contributed by atoms with van der Waals surface area (Å²) in [6, 6.07) is 0. The molecular formula is C37H44F24O4. The van der Waals surface area contributed by atoms with Gasteiger partial charge in [-0.05, 0) is 108 Å². The molecule has 0 aliphatic heterocycles. The molecule has 5 aliphatic carbocycles. The Hall–Kier alpha value is -2.29. The number of carbonyl (C=O) groups excluding carboxylic acids is 1. The third-order valence-electron chi connectivity index (χ3n) is 14.7. The summed E-state index contributed by atoms with van der Waals surface area (Å²) in [5, 5.41) is 19.6. The molecule has 2 N–H and O–H groups in total. The summed E-state index contributed by atoms with van der Waals surface area (Å²) in [6.45, 7) is 2.51. The van der Waals surface area contributed by atoms with Gasteiger partial charge in [0.2, 0.25) is 0 Å². The molecule has 0 aromatic rings. The standard InChI is InChI=1S/C19H23F9O3.C18H21F15O/c1-3-13(2,17(20,21)22)12(29)31-15-7-10-4-11(8-15)6-14(5-10,9-15)16(30,18(23,24)25)19(26,27)28;1-3-11(2,14(19,20)21)8-12(15(22,23)24,16(25,26)27)9-4-6-10(7-5-9)13(34,17(28,29)30)18(31,32)33/h10-11,30H,3-9H2,1-2H3;9-10,34H,3-8H2,1-2H3. The highest BCUT2D eigenvalue weighted by atomic mass is 19.4. The maximum Gasteiger partial charge on any atom is 0.426 e. The van der Waals surface area contributed by atoms with E-state index < -0.39 is 182 Å². The molecular weight excluding hydrogens is 964 g/mol. The highest BCUT2D eigenvalue weighted by Crippen LogP contribution is 2.71. The fourth-order valence-corrected chi connectivity index (χ4v) is 10.9. The number of carbonyl (C=O) groups is 1. The van der Waals surface area contributed by atoms with E-state index in [2.05, 4.69) is 0 Å². The van der Waals surface area contributed by atoms with Crippen molar-refractivity contribution in [2.45, 2.75) is 177 Å². The van der Waals surface area contributed by atoms with Gasteiger partial charge in [-0.1, -0.05) is 20.8 Å². The lowest BCUT2D eigenvalue weighted by Crippen LogP contribution is -2.73. The molecule has 0 amide bonds. The minimum atomic E-state index is -6.37. The fraction of sp³-hybridized carbons (Fsp3) is 0.973. The van der Waals surface area contributed by atoms with Gasteiger partial charge in [0, 0.05) is 11.3 Å². The van der Waals surface area contributed by atoms with E-state index in [1.807, 2.05) is 0 Å². The molecule has 0 saturated heterocycles. The maximum atomic E-state index is 13.9. The smallest absolute Gasteiger partial charge is 0.426 e. The van der Waals surface area contributed by atoms with Crippen molar-refractivity contribution in [3.05, 3.63) is 0 Å². The zero-order valence-corrected chi connectivity index (χ0v) is 34.3. The van der Waals surface area contributed by atoms with Crippen molar-refractivity contribution in [3.63, 3.8) is 0 Å². The van der Waals surface area contributed by atoms with Crippen molar-refractivity contribution in [1.29, 1.82) is 0 Å². The molecule has 384 valence electrons. The summed E-state index contributed by atoms with van der Waals surface area (Å²) in [4.78, 5) is 12.5. The first-order valence-electron chi connectivity index (χ1n) is 19.7. The van der Waals surface area contributed by atoms with Crippen LogP contribution < -0.4 is 0 Å². The second kappa shape index (κ2) is 16.7. The zero-order chi connectivity index (χ0) is 51.3. The average Bonchev–Trinajstić information content (AvgIpc) is 3.08. The van der Waals surface area contributed by atoms with Crippen LogP contribution in [0.4, 0.5) is 105 Å². The van der Waals surface area contributed by atoms with Crippen molar-refractivity contribution in [2.24, 2.45) is 45.3 Å².